The quantitative estimate of drug-likeness (QED) is 0.385. The summed E-state index contributed by atoms with van der Waals surface area (Å²) in [5.74, 6) is 0. The first-order chi connectivity index (χ1) is 4.20. The van der Waals surface area contributed by atoms with Crippen LogP contribution in [0.1, 0.15) is 0 Å². The van der Waals surface area contributed by atoms with Crippen molar-refractivity contribution >= 4 is 29.0 Å². The van der Waals surface area contributed by atoms with E-state index in [-0.39, 0.29) is 5.00 Å². The second-order valence-corrected chi connectivity index (χ2v) is 2.97. The van der Waals surface area contributed by atoms with E-state index >= 15 is 0 Å². The number of thiol groups is 1. The first-order valence-electron chi connectivity index (χ1n) is 1.99. The molecule has 0 N–H and O–H groups in total. The van der Waals surface area contributed by atoms with E-state index in [9.17, 15) is 10.1 Å². The van der Waals surface area contributed by atoms with E-state index < -0.39 is 4.92 Å². The van der Waals surface area contributed by atoms with Crippen LogP contribution in [0.3, 0.4) is 0 Å². The molecule has 0 saturated heterocycles. The summed E-state index contributed by atoms with van der Waals surface area (Å²) in [4.78, 5) is 13.0. The van der Waals surface area contributed by atoms with Gasteiger partial charge >= 0.3 is 5.00 Å². The molecule has 0 aliphatic rings. The third kappa shape index (κ3) is 1.39. The van der Waals surface area contributed by atoms with Crippen molar-refractivity contribution in [1.29, 1.82) is 0 Å². The Bertz CT molecular complexity index is 233. The zero-order chi connectivity index (χ0) is 6.85. The van der Waals surface area contributed by atoms with Gasteiger partial charge < -0.3 is 0 Å². The van der Waals surface area contributed by atoms with Crippen LogP contribution < -0.4 is 0 Å². The van der Waals surface area contributed by atoms with Gasteiger partial charge in [-0.15, -0.1) is 12.6 Å². The van der Waals surface area contributed by atoms with Gasteiger partial charge in [0, 0.05) is 0 Å². The first-order valence-corrected chi connectivity index (χ1v) is 3.25. The lowest BCUT2D eigenvalue weighted by molar-refractivity contribution is -0.380. The fraction of sp³-hybridized carbons (Fsp3) is 0. The van der Waals surface area contributed by atoms with Crippen molar-refractivity contribution in [2.75, 3.05) is 0 Å². The van der Waals surface area contributed by atoms with Crippen molar-refractivity contribution in [3.63, 3.8) is 0 Å². The maximum atomic E-state index is 9.96. The largest absolute Gasteiger partial charge is 0.344 e. The average Bonchev–Trinajstić information content (AvgIpc) is 2.14. The number of aromatic nitrogens is 1. The molecule has 0 saturated carbocycles. The van der Waals surface area contributed by atoms with Crippen molar-refractivity contribution < 1.29 is 4.92 Å². The summed E-state index contributed by atoms with van der Waals surface area (Å²) in [6.45, 7) is 0. The molecule has 4 nitrogen and oxygen atoms in total. The fourth-order valence-electron chi connectivity index (χ4n) is 0.341. The molecule has 0 atom stereocenters. The zero-order valence-electron chi connectivity index (χ0n) is 4.14. The monoisotopic (exact) mass is 162 g/mol. The minimum Gasteiger partial charge on any atom is -0.257 e. The zero-order valence-corrected chi connectivity index (χ0v) is 5.85. The van der Waals surface area contributed by atoms with E-state index in [2.05, 4.69) is 17.6 Å². The maximum Gasteiger partial charge on any atom is 0.344 e. The fourth-order valence-corrected chi connectivity index (χ4v) is 1.15. The maximum absolute atomic E-state index is 9.96. The molecular formula is C3H2N2O2S2. The lowest BCUT2D eigenvalue weighted by Crippen LogP contribution is -1.80. The minimum atomic E-state index is -0.489. The number of nitrogens with zero attached hydrogens (tertiary/aromatic N) is 2. The molecule has 0 spiro atoms. The van der Waals surface area contributed by atoms with Crippen LogP contribution in [0, 0.1) is 10.1 Å². The van der Waals surface area contributed by atoms with Gasteiger partial charge in [0.1, 0.15) is 6.20 Å². The Kier molecular flexibility index (Phi) is 1.68. The Hall–Kier alpha value is -0.620. The Balaban J connectivity index is 2.98. The minimum absolute atomic E-state index is 0.0278. The highest BCUT2D eigenvalue weighted by atomic mass is 32.2. The van der Waals surface area contributed by atoms with Crippen LogP contribution in [0.2, 0.25) is 0 Å². The molecule has 9 heavy (non-hydrogen) atoms. The summed E-state index contributed by atoms with van der Waals surface area (Å²) < 4.78 is 0.418. The summed E-state index contributed by atoms with van der Waals surface area (Å²) >= 11 is 4.75. The molecule has 1 aromatic heterocycles. The molecular weight excluding hydrogens is 160 g/mol. The predicted octanol–water partition coefficient (Wildman–Crippen LogP) is 1.34. The molecule has 0 unspecified atom stereocenters. The Morgan fingerprint density at radius 3 is 2.78 bits per heavy atom. The SMILES string of the molecule is O=[N+]([O-])c1cnc(S)s1. The Morgan fingerprint density at radius 2 is 2.56 bits per heavy atom. The number of rotatable bonds is 1. The lowest BCUT2D eigenvalue weighted by Gasteiger charge is -1.76. The molecule has 6 heteroatoms. The van der Waals surface area contributed by atoms with Crippen LogP contribution in [0.4, 0.5) is 5.00 Å². The number of thiazole rings is 1. The summed E-state index contributed by atoms with van der Waals surface area (Å²) in [5, 5.41) is 9.98. The average molecular weight is 162 g/mol. The van der Waals surface area contributed by atoms with Gasteiger partial charge in [-0.3, -0.25) is 10.1 Å². The standard InChI is InChI=1S/C3H2N2O2S2/c6-5(7)2-1-4-3(8)9-2/h1H,(H,4,8). The van der Waals surface area contributed by atoms with Crippen molar-refractivity contribution in [3.05, 3.63) is 16.3 Å². The highest BCUT2D eigenvalue weighted by molar-refractivity contribution is 7.82. The molecule has 0 aromatic carbocycles. The molecule has 48 valence electrons. The first kappa shape index (κ1) is 6.50. The van der Waals surface area contributed by atoms with Gasteiger partial charge in [0.25, 0.3) is 0 Å². The summed E-state index contributed by atoms with van der Waals surface area (Å²) in [7, 11) is 0. The second kappa shape index (κ2) is 2.32. The molecule has 1 rings (SSSR count). The van der Waals surface area contributed by atoms with Crippen LogP contribution in [0.25, 0.3) is 0 Å². The van der Waals surface area contributed by atoms with E-state index in [1.165, 1.54) is 6.20 Å². The lowest BCUT2D eigenvalue weighted by atomic mass is 10.9. The van der Waals surface area contributed by atoms with Crippen molar-refractivity contribution in [2.45, 2.75) is 4.34 Å². The van der Waals surface area contributed by atoms with Crippen molar-refractivity contribution in [2.24, 2.45) is 0 Å². The van der Waals surface area contributed by atoms with Crippen LogP contribution >= 0.6 is 24.0 Å². The molecule has 1 heterocycles. The van der Waals surface area contributed by atoms with Gasteiger partial charge in [-0.1, -0.05) is 0 Å². The summed E-state index contributed by atoms with van der Waals surface area (Å²) in [5.41, 5.74) is 0. The number of nitro groups is 1. The van der Waals surface area contributed by atoms with Gasteiger partial charge in [-0.2, -0.15) is 0 Å². The van der Waals surface area contributed by atoms with Gasteiger partial charge in [-0.25, -0.2) is 4.98 Å². The molecule has 0 fully saturated rings. The summed E-state index contributed by atoms with van der Waals surface area (Å²) in [6.07, 6.45) is 1.19. The topological polar surface area (TPSA) is 56.0 Å². The van der Waals surface area contributed by atoms with Gasteiger partial charge in [0.15, 0.2) is 4.34 Å². The molecule has 1 aromatic rings. The summed E-state index contributed by atoms with van der Waals surface area (Å²) in [6, 6.07) is 0. The Labute approximate surface area is 60.1 Å². The molecule has 0 amide bonds. The third-order valence-corrected chi connectivity index (χ3v) is 1.80. The van der Waals surface area contributed by atoms with E-state index in [0.29, 0.717) is 4.34 Å². The van der Waals surface area contributed by atoms with Crippen molar-refractivity contribution in [1.82, 2.24) is 4.98 Å². The normalized spacial score (nSPS) is 9.44. The van der Waals surface area contributed by atoms with E-state index in [1.54, 1.807) is 0 Å². The van der Waals surface area contributed by atoms with Crippen LogP contribution in [0.15, 0.2) is 10.5 Å². The third-order valence-electron chi connectivity index (χ3n) is 0.661. The van der Waals surface area contributed by atoms with E-state index in [4.69, 9.17) is 0 Å². The van der Waals surface area contributed by atoms with Crippen LogP contribution in [0.5, 0.6) is 0 Å². The van der Waals surface area contributed by atoms with E-state index in [1.807, 2.05) is 0 Å². The molecule has 0 radical (unpaired) electrons. The number of hydrogen-bond donors (Lipinski definition) is 1. The molecule has 0 bridgehead atoms. The second-order valence-electron chi connectivity index (χ2n) is 1.24. The van der Waals surface area contributed by atoms with Crippen LogP contribution in [-0.4, -0.2) is 9.91 Å². The van der Waals surface area contributed by atoms with Crippen LogP contribution in [-0.2, 0) is 0 Å². The molecule has 0 aliphatic carbocycles. The highest BCUT2D eigenvalue weighted by Crippen LogP contribution is 2.22. The van der Waals surface area contributed by atoms with Crippen molar-refractivity contribution in [3.8, 4) is 0 Å². The van der Waals surface area contributed by atoms with Gasteiger partial charge in [0.2, 0.25) is 0 Å². The predicted molar refractivity (Wildman–Crippen MR) is 36.0 cm³/mol. The number of hydrogen-bond acceptors (Lipinski definition) is 5. The Morgan fingerprint density at radius 1 is 1.89 bits per heavy atom. The smallest absolute Gasteiger partial charge is 0.257 e. The molecule has 0 aliphatic heterocycles. The van der Waals surface area contributed by atoms with Gasteiger partial charge in [-0.05, 0) is 11.3 Å². The highest BCUT2D eigenvalue weighted by Gasteiger charge is 2.07. The van der Waals surface area contributed by atoms with Gasteiger partial charge in [0.05, 0.1) is 4.92 Å². The van der Waals surface area contributed by atoms with E-state index in [0.717, 1.165) is 11.3 Å².